The Hall–Kier alpha value is -3.06. The summed E-state index contributed by atoms with van der Waals surface area (Å²) in [6.45, 7) is 2.09. The largest absolute Gasteiger partial charge is 0.451 e. The van der Waals surface area contributed by atoms with Gasteiger partial charge in [-0.2, -0.15) is 0 Å². The maximum Gasteiger partial charge on any atom is 0.291 e. The van der Waals surface area contributed by atoms with Crippen LogP contribution in [0.5, 0.6) is 0 Å². The second-order valence-electron chi connectivity index (χ2n) is 7.62. The van der Waals surface area contributed by atoms with E-state index in [9.17, 15) is 4.79 Å². The zero-order chi connectivity index (χ0) is 23.8. The van der Waals surface area contributed by atoms with Crippen molar-refractivity contribution in [3.63, 3.8) is 0 Å². The van der Waals surface area contributed by atoms with Gasteiger partial charge in [0.05, 0.1) is 9.50 Å². The van der Waals surface area contributed by atoms with Crippen LogP contribution in [0.25, 0.3) is 33.9 Å². The molecule has 0 saturated carbocycles. The van der Waals surface area contributed by atoms with Crippen LogP contribution in [0, 0.1) is 0 Å². The Morgan fingerprint density at radius 1 is 1.00 bits per heavy atom. The highest BCUT2D eigenvalue weighted by atomic mass is 79.9. The van der Waals surface area contributed by atoms with Crippen LogP contribution in [-0.2, 0) is 6.42 Å². The molecule has 0 atom stereocenters. The number of furan rings is 1. The average Bonchev–Trinajstić information content (AvgIpc) is 3.49. The van der Waals surface area contributed by atoms with Crippen LogP contribution in [0.3, 0.4) is 0 Å². The van der Waals surface area contributed by atoms with Crippen LogP contribution in [0.1, 0.15) is 23.0 Å². The molecule has 0 bridgehead atoms. The highest BCUT2D eigenvalue weighted by Gasteiger charge is 2.16. The number of fused-ring (bicyclic) bond motifs is 1. The van der Waals surface area contributed by atoms with Crippen LogP contribution in [0.15, 0.2) is 80.0 Å². The molecule has 0 aliphatic heterocycles. The average molecular weight is 556 g/mol. The summed E-state index contributed by atoms with van der Waals surface area (Å²) >= 11 is 15.8. The Kier molecular flexibility index (Phi) is 6.21. The van der Waals surface area contributed by atoms with E-state index in [1.165, 1.54) is 5.56 Å². The maximum absolute atomic E-state index is 12.7. The third-order valence-corrected chi connectivity index (χ3v) is 6.48. The zero-order valence-corrected chi connectivity index (χ0v) is 21.0. The molecule has 0 fully saturated rings. The standard InChI is InChI=1S/C26H17BrCl2N2O3/c1-2-14-11-19(27)24-21(12-14)31-26(34-24)15-3-6-17(7-4-15)30-25(32)23-10-9-22(33-23)18-13-16(28)5-8-20(18)29/h3-13H,2H2,1H3,(H,30,32). The number of hydrogen-bond acceptors (Lipinski definition) is 4. The summed E-state index contributed by atoms with van der Waals surface area (Å²) in [5, 5.41) is 3.84. The molecule has 0 aliphatic rings. The first kappa shape index (κ1) is 22.7. The summed E-state index contributed by atoms with van der Waals surface area (Å²) in [6, 6.07) is 19.7. The maximum atomic E-state index is 12.7. The van der Waals surface area contributed by atoms with E-state index >= 15 is 0 Å². The minimum Gasteiger partial charge on any atom is -0.451 e. The summed E-state index contributed by atoms with van der Waals surface area (Å²) in [6.07, 6.45) is 0.911. The summed E-state index contributed by atoms with van der Waals surface area (Å²) < 4.78 is 12.5. The molecule has 3 aromatic carbocycles. The lowest BCUT2D eigenvalue weighted by Gasteiger charge is -2.04. The number of carbonyl (C=O) groups excluding carboxylic acids is 1. The molecule has 5 nitrogen and oxygen atoms in total. The van der Waals surface area contributed by atoms with Gasteiger partial charge in [-0.25, -0.2) is 4.98 Å². The van der Waals surface area contributed by atoms with Crippen molar-refractivity contribution in [1.82, 2.24) is 4.98 Å². The molecule has 34 heavy (non-hydrogen) atoms. The second kappa shape index (κ2) is 9.29. The van der Waals surface area contributed by atoms with Crippen molar-refractivity contribution in [2.24, 2.45) is 0 Å². The lowest BCUT2D eigenvalue weighted by atomic mass is 10.1. The Labute approximate surface area is 213 Å². The fourth-order valence-electron chi connectivity index (χ4n) is 3.55. The van der Waals surface area contributed by atoms with E-state index in [1.807, 2.05) is 24.3 Å². The van der Waals surface area contributed by atoms with E-state index in [4.69, 9.17) is 32.0 Å². The molecule has 0 unspecified atom stereocenters. The lowest BCUT2D eigenvalue weighted by Crippen LogP contribution is -2.10. The Balaban J connectivity index is 1.33. The molecule has 1 amide bonds. The van der Waals surface area contributed by atoms with Gasteiger partial charge in [0.15, 0.2) is 11.3 Å². The van der Waals surface area contributed by atoms with Gasteiger partial charge in [0.1, 0.15) is 11.3 Å². The van der Waals surface area contributed by atoms with Crippen LogP contribution in [0.2, 0.25) is 10.0 Å². The van der Waals surface area contributed by atoms with Gasteiger partial charge < -0.3 is 14.2 Å². The number of rotatable bonds is 5. The third kappa shape index (κ3) is 4.49. The molecule has 0 spiro atoms. The lowest BCUT2D eigenvalue weighted by molar-refractivity contribution is 0.0997. The van der Waals surface area contributed by atoms with Crippen molar-refractivity contribution >= 4 is 61.8 Å². The topological polar surface area (TPSA) is 68.3 Å². The van der Waals surface area contributed by atoms with Crippen molar-refractivity contribution in [2.45, 2.75) is 13.3 Å². The van der Waals surface area contributed by atoms with Gasteiger partial charge in [0.25, 0.3) is 5.91 Å². The van der Waals surface area contributed by atoms with Gasteiger partial charge in [0.2, 0.25) is 5.89 Å². The number of carbonyl (C=O) groups is 1. The predicted molar refractivity (Wildman–Crippen MR) is 139 cm³/mol. The van der Waals surface area contributed by atoms with Crippen molar-refractivity contribution < 1.29 is 13.6 Å². The van der Waals surface area contributed by atoms with E-state index in [0.29, 0.717) is 38.5 Å². The summed E-state index contributed by atoms with van der Waals surface area (Å²) in [5.41, 5.74) is 4.71. The monoisotopic (exact) mass is 554 g/mol. The van der Waals surface area contributed by atoms with Crippen molar-refractivity contribution in [2.75, 3.05) is 5.32 Å². The van der Waals surface area contributed by atoms with Gasteiger partial charge in [-0.1, -0.05) is 30.1 Å². The molecule has 0 aliphatic carbocycles. The second-order valence-corrected chi connectivity index (χ2v) is 9.32. The van der Waals surface area contributed by atoms with Gasteiger partial charge in [0, 0.05) is 21.8 Å². The predicted octanol–water partition coefficient (Wildman–Crippen LogP) is 8.64. The van der Waals surface area contributed by atoms with E-state index in [1.54, 1.807) is 42.5 Å². The first-order valence-electron chi connectivity index (χ1n) is 10.5. The minimum atomic E-state index is -0.380. The molecule has 170 valence electrons. The highest BCUT2D eigenvalue weighted by molar-refractivity contribution is 9.10. The van der Waals surface area contributed by atoms with Crippen molar-refractivity contribution in [3.05, 3.63) is 92.6 Å². The first-order valence-corrected chi connectivity index (χ1v) is 12.0. The number of nitrogens with zero attached hydrogens (tertiary/aromatic N) is 1. The van der Waals surface area contributed by atoms with Crippen molar-refractivity contribution in [3.8, 4) is 22.8 Å². The molecule has 2 heterocycles. The Morgan fingerprint density at radius 3 is 2.56 bits per heavy atom. The number of amides is 1. The van der Waals surface area contributed by atoms with Gasteiger partial charge in [-0.3, -0.25) is 4.79 Å². The molecule has 1 N–H and O–H groups in total. The summed E-state index contributed by atoms with van der Waals surface area (Å²) in [5.74, 6) is 0.748. The number of anilines is 1. The van der Waals surface area contributed by atoms with Crippen molar-refractivity contribution in [1.29, 1.82) is 0 Å². The molecule has 0 radical (unpaired) electrons. The zero-order valence-electron chi connectivity index (χ0n) is 17.9. The number of halogens is 3. The quantitative estimate of drug-likeness (QED) is 0.235. The highest BCUT2D eigenvalue weighted by Crippen LogP contribution is 2.33. The third-order valence-electron chi connectivity index (χ3n) is 5.33. The fraction of sp³-hybridized carbons (Fsp3) is 0.0769. The van der Waals surface area contributed by atoms with E-state index in [2.05, 4.69) is 33.2 Å². The molecule has 0 saturated heterocycles. The van der Waals surface area contributed by atoms with Crippen LogP contribution in [0.4, 0.5) is 5.69 Å². The summed E-state index contributed by atoms with van der Waals surface area (Å²) in [7, 11) is 0. The number of aromatic nitrogens is 1. The smallest absolute Gasteiger partial charge is 0.291 e. The minimum absolute atomic E-state index is 0.158. The fourth-order valence-corrected chi connectivity index (χ4v) is 4.51. The number of benzene rings is 3. The molecule has 2 aromatic heterocycles. The Bertz CT molecular complexity index is 1520. The number of nitrogens with one attached hydrogen (secondary N) is 1. The molecule has 8 heteroatoms. The van der Waals surface area contributed by atoms with Gasteiger partial charge in [-0.15, -0.1) is 0 Å². The number of hydrogen-bond donors (Lipinski definition) is 1. The first-order chi connectivity index (χ1) is 16.4. The van der Waals surface area contributed by atoms with Crippen LogP contribution < -0.4 is 5.32 Å². The molecular formula is C26H17BrCl2N2O3. The number of oxazole rings is 1. The molecule has 5 aromatic rings. The van der Waals surface area contributed by atoms with Gasteiger partial charge >= 0.3 is 0 Å². The van der Waals surface area contributed by atoms with E-state index in [-0.39, 0.29) is 11.7 Å². The Morgan fingerprint density at radius 2 is 1.79 bits per heavy atom. The molecule has 5 rings (SSSR count). The normalized spacial score (nSPS) is 11.2. The molecular weight excluding hydrogens is 539 g/mol. The van der Waals surface area contributed by atoms with Crippen LogP contribution >= 0.6 is 39.1 Å². The van der Waals surface area contributed by atoms with Crippen LogP contribution in [-0.4, -0.2) is 10.9 Å². The SMILES string of the molecule is CCc1cc(Br)c2oc(-c3ccc(NC(=O)c4ccc(-c5cc(Cl)ccc5Cl)o4)cc3)nc2c1. The number of aryl methyl sites for hydroxylation is 1. The summed E-state index contributed by atoms with van der Waals surface area (Å²) in [4.78, 5) is 17.3. The van der Waals surface area contributed by atoms with Gasteiger partial charge in [-0.05, 0) is 94.6 Å². The van der Waals surface area contributed by atoms with E-state index < -0.39 is 0 Å². The van der Waals surface area contributed by atoms with E-state index in [0.717, 1.165) is 22.0 Å².